The SMILES string of the molecule is CC(C)(C)CC(CO)NCc1ccc2c(c1)OCCO2. The van der Waals surface area contributed by atoms with Crippen LogP contribution in [0.15, 0.2) is 18.2 Å². The summed E-state index contributed by atoms with van der Waals surface area (Å²) in [6.07, 6.45) is 0.939. The van der Waals surface area contributed by atoms with E-state index in [2.05, 4.69) is 26.1 Å². The van der Waals surface area contributed by atoms with E-state index in [4.69, 9.17) is 9.47 Å². The average Bonchev–Trinajstić information content (AvgIpc) is 2.42. The Balaban J connectivity index is 1.92. The summed E-state index contributed by atoms with van der Waals surface area (Å²) in [6.45, 7) is 8.64. The van der Waals surface area contributed by atoms with Crippen LogP contribution >= 0.6 is 0 Å². The van der Waals surface area contributed by atoms with Crippen molar-refractivity contribution in [3.8, 4) is 11.5 Å². The predicted molar refractivity (Wildman–Crippen MR) is 79.2 cm³/mol. The summed E-state index contributed by atoms with van der Waals surface area (Å²) in [5.41, 5.74) is 1.34. The molecule has 20 heavy (non-hydrogen) atoms. The van der Waals surface area contributed by atoms with Gasteiger partial charge in [-0.25, -0.2) is 0 Å². The van der Waals surface area contributed by atoms with Gasteiger partial charge < -0.3 is 19.9 Å². The Hall–Kier alpha value is -1.26. The molecule has 0 saturated heterocycles. The Morgan fingerprint density at radius 3 is 2.55 bits per heavy atom. The molecule has 0 bridgehead atoms. The number of ether oxygens (including phenoxy) is 2. The second-order valence-corrected chi connectivity index (χ2v) is 6.50. The number of hydrogen-bond donors (Lipinski definition) is 2. The molecule has 0 amide bonds. The van der Waals surface area contributed by atoms with Crippen molar-refractivity contribution in [1.82, 2.24) is 5.32 Å². The van der Waals surface area contributed by atoms with Crippen LogP contribution in [-0.2, 0) is 6.54 Å². The van der Waals surface area contributed by atoms with E-state index in [0.717, 1.165) is 30.0 Å². The minimum absolute atomic E-state index is 0.114. The van der Waals surface area contributed by atoms with E-state index in [1.165, 1.54) is 0 Å². The Bertz CT molecular complexity index is 440. The first-order valence-corrected chi connectivity index (χ1v) is 7.21. The molecule has 1 aliphatic rings. The number of benzene rings is 1. The smallest absolute Gasteiger partial charge is 0.161 e. The maximum Gasteiger partial charge on any atom is 0.161 e. The fourth-order valence-electron chi connectivity index (χ4n) is 2.40. The predicted octanol–water partition coefficient (Wildman–Crippen LogP) is 2.34. The lowest BCUT2D eigenvalue weighted by atomic mass is 9.88. The maximum atomic E-state index is 9.45. The van der Waals surface area contributed by atoms with Gasteiger partial charge in [0.2, 0.25) is 0 Å². The molecule has 2 N–H and O–H groups in total. The van der Waals surface area contributed by atoms with Crippen molar-refractivity contribution >= 4 is 0 Å². The molecular formula is C16H25NO3. The highest BCUT2D eigenvalue weighted by Crippen LogP contribution is 2.30. The summed E-state index contributed by atoms with van der Waals surface area (Å²) in [5.74, 6) is 1.63. The van der Waals surface area contributed by atoms with Crippen LogP contribution in [0.4, 0.5) is 0 Å². The second-order valence-electron chi connectivity index (χ2n) is 6.50. The maximum absolute atomic E-state index is 9.45. The summed E-state index contributed by atoms with van der Waals surface area (Å²) in [5, 5.41) is 12.9. The molecule has 0 radical (unpaired) electrons. The van der Waals surface area contributed by atoms with Crippen molar-refractivity contribution in [2.45, 2.75) is 39.8 Å². The summed E-state index contributed by atoms with van der Waals surface area (Å²) < 4.78 is 11.1. The normalized spacial score (nSPS) is 16.0. The zero-order valence-corrected chi connectivity index (χ0v) is 12.6. The van der Waals surface area contributed by atoms with E-state index >= 15 is 0 Å². The molecule has 112 valence electrons. The molecule has 1 aromatic carbocycles. The van der Waals surface area contributed by atoms with Gasteiger partial charge in [-0.1, -0.05) is 26.8 Å². The monoisotopic (exact) mass is 279 g/mol. The molecule has 0 saturated carbocycles. The fourth-order valence-corrected chi connectivity index (χ4v) is 2.40. The van der Waals surface area contributed by atoms with Crippen LogP contribution in [0.3, 0.4) is 0 Å². The molecule has 4 nitrogen and oxygen atoms in total. The molecule has 0 fully saturated rings. The molecule has 1 heterocycles. The van der Waals surface area contributed by atoms with Gasteiger partial charge in [0.05, 0.1) is 6.61 Å². The molecular weight excluding hydrogens is 254 g/mol. The van der Waals surface area contributed by atoms with Gasteiger partial charge in [-0.05, 0) is 29.5 Å². The van der Waals surface area contributed by atoms with Gasteiger partial charge in [0.25, 0.3) is 0 Å². The highest BCUT2D eigenvalue weighted by atomic mass is 16.6. The van der Waals surface area contributed by atoms with Gasteiger partial charge in [-0.3, -0.25) is 0 Å². The second kappa shape index (κ2) is 6.46. The first-order chi connectivity index (χ1) is 9.48. The molecule has 0 spiro atoms. The van der Waals surface area contributed by atoms with Crippen molar-refractivity contribution in [3.63, 3.8) is 0 Å². The molecule has 0 aromatic heterocycles. The van der Waals surface area contributed by atoms with Crippen LogP contribution in [0, 0.1) is 5.41 Å². The van der Waals surface area contributed by atoms with Crippen LogP contribution in [-0.4, -0.2) is 31.0 Å². The van der Waals surface area contributed by atoms with E-state index < -0.39 is 0 Å². The first kappa shape index (κ1) is 15.1. The van der Waals surface area contributed by atoms with Gasteiger partial charge in [0.1, 0.15) is 13.2 Å². The topological polar surface area (TPSA) is 50.7 Å². The molecule has 1 atom stereocenters. The summed E-state index contributed by atoms with van der Waals surface area (Å²) in [4.78, 5) is 0. The van der Waals surface area contributed by atoms with E-state index in [1.807, 2.05) is 18.2 Å². The number of aliphatic hydroxyl groups is 1. The number of aliphatic hydroxyl groups excluding tert-OH is 1. The lowest BCUT2D eigenvalue weighted by molar-refractivity contribution is 0.171. The lowest BCUT2D eigenvalue weighted by Crippen LogP contribution is -2.35. The third-order valence-corrected chi connectivity index (χ3v) is 3.28. The number of rotatable bonds is 5. The Kier molecular flexibility index (Phi) is 4.89. The van der Waals surface area contributed by atoms with Crippen molar-refractivity contribution in [3.05, 3.63) is 23.8 Å². The lowest BCUT2D eigenvalue weighted by Gasteiger charge is -2.26. The Morgan fingerprint density at radius 1 is 1.20 bits per heavy atom. The summed E-state index contributed by atoms with van der Waals surface area (Å²) in [7, 11) is 0. The largest absolute Gasteiger partial charge is 0.486 e. The van der Waals surface area contributed by atoms with Crippen molar-refractivity contribution in [2.75, 3.05) is 19.8 Å². The minimum atomic E-state index is 0.114. The molecule has 2 rings (SSSR count). The number of nitrogens with one attached hydrogen (secondary N) is 1. The van der Waals surface area contributed by atoms with Crippen molar-refractivity contribution in [1.29, 1.82) is 0 Å². The van der Waals surface area contributed by atoms with E-state index in [1.54, 1.807) is 0 Å². The van der Waals surface area contributed by atoms with Crippen LogP contribution in [0.5, 0.6) is 11.5 Å². The van der Waals surface area contributed by atoms with Gasteiger partial charge in [-0.2, -0.15) is 0 Å². The summed E-state index contributed by atoms with van der Waals surface area (Å²) in [6, 6.07) is 6.10. The zero-order valence-electron chi connectivity index (χ0n) is 12.6. The average molecular weight is 279 g/mol. The van der Waals surface area contributed by atoms with Gasteiger partial charge >= 0.3 is 0 Å². The minimum Gasteiger partial charge on any atom is -0.486 e. The van der Waals surface area contributed by atoms with Gasteiger partial charge in [0, 0.05) is 12.6 Å². The standard InChI is InChI=1S/C16H25NO3/c1-16(2,3)9-13(11-18)17-10-12-4-5-14-15(8-12)20-7-6-19-14/h4-5,8,13,17-18H,6-7,9-11H2,1-3H3. The number of hydrogen-bond acceptors (Lipinski definition) is 4. The molecule has 0 aliphatic carbocycles. The van der Waals surface area contributed by atoms with E-state index in [-0.39, 0.29) is 18.1 Å². The molecule has 1 unspecified atom stereocenters. The van der Waals surface area contributed by atoms with Gasteiger partial charge in [0.15, 0.2) is 11.5 Å². The van der Waals surface area contributed by atoms with Crippen molar-refractivity contribution < 1.29 is 14.6 Å². The third-order valence-electron chi connectivity index (χ3n) is 3.28. The molecule has 4 heteroatoms. The Labute approximate surface area is 121 Å². The quantitative estimate of drug-likeness (QED) is 0.868. The third kappa shape index (κ3) is 4.39. The van der Waals surface area contributed by atoms with Crippen LogP contribution in [0.1, 0.15) is 32.8 Å². The highest BCUT2D eigenvalue weighted by molar-refractivity contribution is 5.43. The van der Waals surface area contributed by atoms with Crippen molar-refractivity contribution in [2.24, 2.45) is 5.41 Å². The zero-order chi connectivity index (χ0) is 14.6. The van der Waals surface area contributed by atoms with Crippen LogP contribution in [0.2, 0.25) is 0 Å². The first-order valence-electron chi connectivity index (χ1n) is 7.21. The van der Waals surface area contributed by atoms with E-state index in [9.17, 15) is 5.11 Å². The number of fused-ring (bicyclic) bond motifs is 1. The Morgan fingerprint density at radius 2 is 1.90 bits per heavy atom. The fraction of sp³-hybridized carbons (Fsp3) is 0.625. The van der Waals surface area contributed by atoms with Crippen LogP contribution < -0.4 is 14.8 Å². The highest BCUT2D eigenvalue weighted by Gasteiger charge is 2.18. The van der Waals surface area contributed by atoms with Gasteiger partial charge in [-0.15, -0.1) is 0 Å². The summed E-state index contributed by atoms with van der Waals surface area (Å²) >= 11 is 0. The van der Waals surface area contributed by atoms with Crippen LogP contribution in [0.25, 0.3) is 0 Å². The molecule has 1 aromatic rings. The molecule has 1 aliphatic heterocycles. The van der Waals surface area contributed by atoms with E-state index in [0.29, 0.717) is 13.2 Å².